The maximum absolute atomic E-state index is 14.0. The SMILES string of the molecule is C=C(C)/C(F)=C(C)\C(=C/C)C(=C)C(CCC)CCC. The van der Waals surface area contributed by atoms with Gasteiger partial charge in [-0.15, -0.1) is 0 Å². The quantitative estimate of drug-likeness (QED) is 0.437. The number of rotatable bonds is 8. The van der Waals surface area contributed by atoms with Gasteiger partial charge in [0, 0.05) is 0 Å². The van der Waals surface area contributed by atoms with Crippen molar-refractivity contribution in [2.75, 3.05) is 0 Å². The lowest BCUT2D eigenvalue weighted by Crippen LogP contribution is -2.07. The zero-order chi connectivity index (χ0) is 15.0. The highest BCUT2D eigenvalue weighted by Crippen LogP contribution is 2.33. The smallest absolute Gasteiger partial charge is 0.129 e. The predicted molar refractivity (Wildman–Crippen MR) is 84.8 cm³/mol. The summed E-state index contributed by atoms with van der Waals surface area (Å²) in [6.07, 6.45) is 6.47. The van der Waals surface area contributed by atoms with Crippen molar-refractivity contribution in [3.63, 3.8) is 0 Å². The predicted octanol–water partition coefficient (Wildman–Crippen LogP) is 6.52. The molecule has 0 amide bonds. The molecule has 0 saturated heterocycles. The van der Waals surface area contributed by atoms with Gasteiger partial charge in [0.25, 0.3) is 0 Å². The van der Waals surface area contributed by atoms with Crippen LogP contribution in [0.15, 0.2) is 47.4 Å². The Hall–Kier alpha value is -1.11. The van der Waals surface area contributed by atoms with Gasteiger partial charge in [-0.05, 0) is 61.8 Å². The highest BCUT2D eigenvalue weighted by molar-refractivity contribution is 5.49. The molecule has 0 bridgehead atoms. The first-order valence-electron chi connectivity index (χ1n) is 7.28. The molecule has 0 aliphatic heterocycles. The molecule has 0 aromatic carbocycles. The minimum absolute atomic E-state index is 0.207. The lowest BCUT2D eigenvalue weighted by atomic mass is 9.83. The van der Waals surface area contributed by atoms with Gasteiger partial charge in [0.15, 0.2) is 0 Å². The van der Waals surface area contributed by atoms with E-state index in [4.69, 9.17) is 0 Å². The highest BCUT2D eigenvalue weighted by Gasteiger charge is 2.17. The maximum Gasteiger partial charge on any atom is 0.129 e. The third-order valence-electron chi connectivity index (χ3n) is 3.51. The largest absolute Gasteiger partial charge is 0.206 e. The van der Waals surface area contributed by atoms with Gasteiger partial charge >= 0.3 is 0 Å². The summed E-state index contributed by atoms with van der Waals surface area (Å²) in [6, 6.07) is 0. The van der Waals surface area contributed by atoms with Gasteiger partial charge in [-0.25, -0.2) is 4.39 Å². The lowest BCUT2D eigenvalue weighted by Gasteiger charge is -2.22. The van der Waals surface area contributed by atoms with Gasteiger partial charge in [-0.3, -0.25) is 0 Å². The van der Waals surface area contributed by atoms with E-state index in [0.29, 0.717) is 17.1 Å². The Bertz CT molecular complexity index is 376. The lowest BCUT2D eigenvalue weighted by molar-refractivity contribution is 0.509. The van der Waals surface area contributed by atoms with Crippen molar-refractivity contribution in [3.05, 3.63) is 47.4 Å². The molecule has 0 aromatic rings. The Morgan fingerprint density at radius 1 is 1.11 bits per heavy atom. The van der Waals surface area contributed by atoms with Crippen LogP contribution in [0.1, 0.15) is 60.3 Å². The third kappa shape index (κ3) is 5.18. The molecule has 0 unspecified atom stereocenters. The fourth-order valence-electron chi connectivity index (χ4n) is 2.49. The summed E-state index contributed by atoms with van der Waals surface area (Å²) in [7, 11) is 0. The van der Waals surface area contributed by atoms with Crippen molar-refractivity contribution < 1.29 is 4.39 Å². The van der Waals surface area contributed by atoms with Crippen molar-refractivity contribution >= 4 is 0 Å². The molecule has 0 spiro atoms. The highest BCUT2D eigenvalue weighted by atomic mass is 19.1. The Morgan fingerprint density at radius 3 is 1.89 bits per heavy atom. The van der Waals surface area contributed by atoms with Crippen LogP contribution in [0.3, 0.4) is 0 Å². The summed E-state index contributed by atoms with van der Waals surface area (Å²) in [5.41, 5.74) is 3.16. The Kier molecular flexibility index (Phi) is 8.38. The summed E-state index contributed by atoms with van der Waals surface area (Å²) >= 11 is 0. The fourth-order valence-corrected chi connectivity index (χ4v) is 2.49. The topological polar surface area (TPSA) is 0 Å². The first kappa shape index (κ1) is 17.9. The fraction of sp³-hybridized carbons (Fsp3) is 0.556. The molecule has 0 N–H and O–H groups in total. The second-order valence-electron chi connectivity index (χ2n) is 5.22. The van der Waals surface area contributed by atoms with Crippen LogP contribution in [0, 0.1) is 5.92 Å². The zero-order valence-corrected chi connectivity index (χ0v) is 13.3. The van der Waals surface area contributed by atoms with Crippen molar-refractivity contribution in [1.29, 1.82) is 0 Å². The number of hydrogen-bond donors (Lipinski definition) is 0. The molecule has 1 heteroatoms. The molecule has 0 radical (unpaired) electrons. The molecule has 0 aromatic heterocycles. The van der Waals surface area contributed by atoms with Gasteiger partial charge < -0.3 is 0 Å². The van der Waals surface area contributed by atoms with Crippen LogP contribution in [0.5, 0.6) is 0 Å². The molecule has 0 fully saturated rings. The van der Waals surface area contributed by atoms with Gasteiger partial charge in [0.05, 0.1) is 0 Å². The van der Waals surface area contributed by atoms with Gasteiger partial charge in [-0.1, -0.05) is 45.9 Å². The van der Waals surface area contributed by atoms with Crippen LogP contribution in [-0.2, 0) is 0 Å². The van der Waals surface area contributed by atoms with E-state index >= 15 is 0 Å². The third-order valence-corrected chi connectivity index (χ3v) is 3.51. The monoisotopic (exact) mass is 264 g/mol. The standard InChI is InChI=1S/C18H29F/c1-8-11-16(12-9-2)14(6)17(10-3)15(7)18(19)13(4)5/h10,16H,4,6,8-9,11-12H2,1-3,5,7H3/b17-10-,18-15+. The first-order chi connectivity index (χ1) is 8.90. The Morgan fingerprint density at radius 2 is 1.58 bits per heavy atom. The van der Waals surface area contributed by atoms with Crippen LogP contribution in [0.4, 0.5) is 4.39 Å². The molecular formula is C18H29F. The molecule has 0 atom stereocenters. The summed E-state index contributed by atoms with van der Waals surface area (Å²) in [6.45, 7) is 17.7. The number of hydrogen-bond acceptors (Lipinski definition) is 0. The van der Waals surface area contributed by atoms with Gasteiger partial charge in [0.2, 0.25) is 0 Å². The van der Waals surface area contributed by atoms with E-state index in [1.165, 1.54) is 0 Å². The molecule has 0 nitrogen and oxygen atoms in total. The molecule has 0 saturated carbocycles. The van der Waals surface area contributed by atoms with Gasteiger partial charge in [0.1, 0.15) is 5.83 Å². The summed E-state index contributed by atoms with van der Waals surface area (Å²) in [5.74, 6) is 0.245. The first-order valence-corrected chi connectivity index (χ1v) is 7.28. The Balaban J connectivity index is 5.32. The second kappa shape index (κ2) is 8.90. The number of allylic oxidation sites excluding steroid dienone is 6. The average molecular weight is 264 g/mol. The van der Waals surface area contributed by atoms with Crippen molar-refractivity contribution in [3.8, 4) is 0 Å². The molecule has 0 heterocycles. The second-order valence-corrected chi connectivity index (χ2v) is 5.22. The van der Waals surface area contributed by atoms with E-state index in [2.05, 4.69) is 27.0 Å². The summed E-state index contributed by atoms with van der Waals surface area (Å²) in [4.78, 5) is 0. The minimum atomic E-state index is -0.207. The average Bonchev–Trinajstić information content (AvgIpc) is 2.37. The van der Waals surface area contributed by atoms with E-state index in [0.717, 1.165) is 36.8 Å². The van der Waals surface area contributed by atoms with E-state index < -0.39 is 0 Å². The Labute approximate surface area is 118 Å². The normalized spacial score (nSPS) is 13.5. The number of halogens is 1. The molecule has 108 valence electrons. The van der Waals surface area contributed by atoms with Crippen LogP contribution in [-0.4, -0.2) is 0 Å². The zero-order valence-electron chi connectivity index (χ0n) is 13.3. The summed E-state index contributed by atoms with van der Waals surface area (Å²) < 4.78 is 14.0. The van der Waals surface area contributed by atoms with Crippen molar-refractivity contribution in [2.45, 2.75) is 60.3 Å². The van der Waals surface area contributed by atoms with E-state index in [-0.39, 0.29) is 5.83 Å². The van der Waals surface area contributed by atoms with Crippen LogP contribution in [0.2, 0.25) is 0 Å². The van der Waals surface area contributed by atoms with E-state index in [1.54, 1.807) is 6.92 Å². The molecular weight excluding hydrogens is 235 g/mol. The minimum Gasteiger partial charge on any atom is -0.206 e. The molecule has 0 aliphatic rings. The van der Waals surface area contributed by atoms with Crippen LogP contribution >= 0.6 is 0 Å². The van der Waals surface area contributed by atoms with Crippen molar-refractivity contribution in [2.24, 2.45) is 5.92 Å². The molecule has 19 heavy (non-hydrogen) atoms. The van der Waals surface area contributed by atoms with Crippen LogP contribution in [0.25, 0.3) is 0 Å². The maximum atomic E-state index is 14.0. The molecule has 0 aliphatic carbocycles. The van der Waals surface area contributed by atoms with Crippen molar-refractivity contribution in [1.82, 2.24) is 0 Å². The van der Waals surface area contributed by atoms with Gasteiger partial charge in [-0.2, -0.15) is 0 Å². The molecule has 0 rings (SSSR count). The summed E-state index contributed by atoms with van der Waals surface area (Å²) in [5, 5.41) is 0. The van der Waals surface area contributed by atoms with E-state index in [1.807, 2.05) is 19.9 Å². The van der Waals surface area contributed by atoms with E-state index in [9.17, 15) is 4.39 Å². The van der Waals surface area contributed by atoms with Crippen LogP contribution < -0.4 is 0 Å².